The number of ether oxygens (including phenoxy) is 1. The van der Waals surface area contributed by atoms with Gasteiger partial charge in [0.05, 0.1) is 17.8 Å². The summed E-state index contributed by atoms with van der Waals surface area (Å²) in [5.74, 6) is 0.940. The molecule has 1 aromatic carbocycles. The molecule has 0 radical (unpaired) electrons. The van der Waals surface area contributed by atoms with Gasteiger partial charge in [0.15, 0.2) is 5.76 Å². The Bertz CT molecular complexity index is 558. The summed E-state index contributed by atoms with van der Waals surface area (Å²) in [5, 5.41) is 0. The number of aryl methyl sites for hydroxylation is 1. The molecule has 0 aliphatic carbocycles. The highest BCUT2D eigenvalue weighted by atomic mass is 79.9. The minimum atomic E-state index is -0.129. The van der Waals surface area contributed by atoms with Gasteiger partial charge >= 0.3 is 0 Å². The van der Waals surface area contributed by atoms with Gasteiger partial charge in [0, 0.05) is 5.56 Å². The highest BCUT2D eigenvalue weighted by Gasteiger charge is 2.16. The first-order valence-corrected chi connectivity index (χ1v) is 5.85. The van der Waals surface area contributed by atoms with Crippen molar-refractivity contribution in [3.63, 3.8) is 0 Å². The smallest absolute Gasteiger partial charge is 0.228 e. The average Bonchev–Trinajstić information content (AvgIpc) is 2.74. The van der Waals surface area contributed by atoms with Crippen LogP contribution in [0.5, 0.6) is 5.75 Å². The number of hydrogen-bond donors (Lipinski definition) is 0. The van der Waals surface area contributed by atoms with Gasteiger partial charge in [0.1, 0.15) is 5.75 Å². The molecule has 2 aromatic rings. The first-order chi connectivity index (χ1) is 8.13. The second-order valence-electron chi connectivity index (χ2n) is 3.61. The number of carbonyl (C=O) groups is 1. The van der Waals surface area contributed by atoms with E-state index in [0.717, 1.165) is 10.0 Å². The lowest BCUT2D eigenvalue weighted by Gasteiger charge is -2.05. The summed E-state index contributed by atoms with van der Waals surface area (Å²) in [6, 6.07) is 6.96. The van der Waals surface area contributed by atoms with Crippen molar-refractivity contribution in [1.82, 2.24) is 0 Å². The third-order valence-electron chi connectivity index (χ3n) is 2.48. The Kier molecular flexibility index (Phi) is 3.33. The Labute approximate surface area is 108 Å². The molecule has 0 unspecified atom stereocenters. The van der Waals surface area contributed by atoms with Gasteiger partial charge in [-0.15, -0.1) is 0 Å². The average molecular weight is 295 g/mol. The van der Waals surface area contributed by atoms with Crippen LogP contribution in [0.25, 0.3) is 0 Å². The molecule has 0 saturated carbocycles. The van der Waals surface area contributed by atoms with Crippen molar-refractivity contribution in [2.45, 2.75) is 6.92 Å². The SMILES string of the molecule is COc1ccc(C(=O)c2occc2C)cc1Br. The minimum Gasteiger partial charge on any atom is -0.496 e. The van der Waals surface area contributed by atoms with Crippen LogP contribution in [0.4, 0.5) is 0 Å². The van der Waals surface area contributed by atoms with Crippen LogP contribution < -0.4 is 4.74 Å². The summed E-state index contributed by atoms with van der Waals surface area (Å²) in [5.41, 5.74) is 1.40. The first-order valence-electron chi connectivity index (χ1n) is 5.06. The fraction of sp³-hybridized carbons (Fsp3) is 0.154. The maximum absolute atomic E-state index is 12.1. The Morgan fingerprint density at radius 3 is 2.65 bits per heavy atom. The van der Waals surface area contributed by atoms with Gasteiger partial charge in [0.25, 0.3) is 0 Å². The summed E-state index contributed by atoms with van der Waals surface area (Å²) in [6.07, 6.45) is 1.52. The molecule has 0 spiro atoms. The van der Waals surface area contributed by atoms with Gasteiger partial charge in [0.2, 0.25) is 5.78 Å². The number of rotatable bonds is 3. The maximum atomic E-state index is 12.1. The van der Waals surface area contributed by atoms with Crippen LogP contribution in [0.2, 0.25) is 0 Å². The van der Waals surface area contributed by atoms with E-state index in [-0.39, 0.29) is 5.78 Å². The predicted octanol–water partition coefficient (Wildman–Crippen LogP) is 3.59. The molecule has 0 aliphatic rings. The van der Waals surface area contributed by atoms with Crippen molar-refractivity contribution in [2.24, 2.45) is 0 Å². The number of halogens is 1. The number of hydrogen-bond acceptors (Lipinski definition) is 3. The van der Waals surface area contributed by atoms with Crippen LogP contribution in [0, 0.1) is 6.92 Å². The molecule has 0 bridgehead atoms. The van der Waals surface area contributed by atoms with Gasteiger partial charge < -0.3 is 9.15 Å². The Hall–Kier alpha value is -1.55. The second-order valence-corrected chi connectivity index (χ2v) is 4.47. The van der Waals surface area contributed by atoms with Crippen LogP contribution in [0.3, 0.4) is 0 Å². The fourth-order valence-electron chi connectivity index (χ4n) is 1.54. The number of benzene rings is 1. The predicted molar refractivity (Wildman–Crippen MR) is 67.6 cm³/mol. The molecule has 0 amide bonds. The zero-order chi connectivity index (χ0) is 12.4. The zero-order valence-electron chi connectivity index (χ0n) is 9.49. The van der Waals surface area contributed by atoms with E-state index in [1.165, 1.54) is 6.26 Å². The lowest BCUT2D eigenvalue weighted by Crippen LogP contribution is -2.01. The van der Waals surface area contributed by atoms with E-state index in [2.05, 4.69) is 15.9 Å². The van der Waals surface area contributed by atoms with E-state index in [9.17, 15) is 4.79 Å². The third kappa shape index (κ3) is 2.26. The van der Waals surface area contributed by atoms with Crippen molar-refractivity contribution in [3.05, 3.63) is 51.9 Å². The molecule has 88 valence electrons. The molecule has 1 aromatic heterocycles. The van der Waals surface area contributed by atoms with E-state index in [1.54, 1.807) is 31.4 Å². The molecule has 2 rings (SSSR count). The number of carbonyl (C=O) groups excluding carboxylic acids is 1. The van der Waals surface area contributed by atoms with Crippen molar-refractivity contribution >= 4 is 21.7 Å². The molecular formula is C13H11BrO3. The summed E-state index contributed by atoms with van der Waals surface area (Å²) in [7, 11) is 1.58. The monoisotopic (exact) mass is 294 g/mol. The minimum absolute atomic E-state index is 0.129. The molecule has 3 nitrogen and oxygen atoms in total. The summed E-state index contributed by atoms with van der Waals surface area (Å²) in [6.45, 7) is 1.84. The standard InChI is InChI=1S/C13H11BrO3/c1-8-5-6-17-13(8)12(15)9-3-4-11(16-2)10(14)7-9/h3-7H,1-2H3. The largest absolute Gasteiger partial charge is 0.496 e. The maximum Gasteiger partial charge on any atom is 0.228 e. The van der Waals surface area contributed by atoms with Gasteiger partial charge in [-0.25, -0.2) is 0 Å². The summed E-state index contributed by atoms with van der Waals surface area (Å²) < 4.78 is 11.0. The van der Waals surface area contributed by atoms with Gasteiger partial charge in [-0.05, 0) is 52.7 Å². The summed E-state index contributed by atoms with van der Waals surface area (Å²) in [4.78, 5) is 12.1. The molecular weight excluding hydrogens is 284 g/mol. The van der Waals surface area contributed by atoms with Crippen molar-refractivity contribution in [2.75, 3.05) is 7.11 Å². The Balaban J connectivity index is 2.39. The lowest BCUT2D eigenvalue weighted by molar-refractivity contribution is 0.101. The van der Waals surface area contributed by atoms with Crippen LogP contribution >= 0.6 is 15.9 Å². The van der Waals surface area contributed by atoms with Gasteiger partial charge in [-0.3, -0.25) is 4.79 Å². The molecule has 0 fully saturated rings. The lowest BCUT2D eigenvalue weighted by atomic mass is 10.1. The molecule has 4 heteroatoms. The molecule has 0 N–H and O–H groups in total. The van der Waals surface area contributed by atoms with E-state index < -0.39 is 0 Å². The fourth-order valence-corrected chi connectivity index (χ4v) is 2.08. The molecule has 17 heavy (non-hydrogen) atoms. The normalized spacial score (nSPS) is 10.3. The molecule has 0 atom stereocenters. The number of methoxy groups -OCH3 is 1. The van der Waals surface area contributed by atoms with Gasteiger partial charge in [-0.1, -0.05) is 0 Å². The quantitative estimate of drug-likeness (QED) is 0.812. The molecule has 0 aliphatic heterocycles. The van der Waals surface area contributed by atoms with Crippen LogP contribution in [-0.4, -0.2) is 12.9 Å². The van der Waals surface area contributed by atoms with Crippen molar-refractivity contribution in [1.29, 1.82) is 0 Å². The van der Waals surface area contributed by atoms with Crippen LogP contribution in [-0.2, 0) is 0 Å². The third-order valence-corrected chi connectivity index (χ3v) is 3.10. The Morgan fingerprint density at radius 1 is 1.35 bits per heavy atom. The zero-order valence-corrected chi connectivity index (χ0v) is 11.1. The van der Waals surface area contributed by atoms with Crippen molar-refractivity contribution < 1.29 is 13.9 Å². The van der Waals surface area contributed by atoms with Crippen molar-refractivity contribution in [3.8, 4) is 5.75 Å². The molecule has 0 saturated heterocycles. The number of furan rings is 1. The van der Waals surface area contributed by atoms with E-state index in [0.29, 0.717) is 17.1 Å². The first kappa shape index (κ1) is 11.9. The summed E-state index contributed by atoms with van der Waals surface area (Å²) >= 11 is 3.35. The highest BCUT2D eigenvalue weighted by Crippen LogP contribution is 2.27. The van der Waals surface area contributed by atoms with E-state index in [4.69, 9.17) is 9.15 Å². The molecule has 1 heterocycles. The topological polar surface area (TPSA) is 39.4 Å². The van der Waals surface area contributed by atoms with E-state index in [1.807, 2.05) is 6.92 Å². The Morgan fingerprint density at radius 2 is 2.12 bits per heavy atom. The highest BCUT2D eigenvalue weighted by molar-refractivity contribution is 9.10. The number of ketones is 1. The van der Waals surface area contributed by atoms with Crippen LogP contribution in [0.1, 0.15) is 21.7 Å². The second kappa shape index (κ2) is 4.75. The van der Waals surface area contributed by atoms with E-state index >= 15 is 0 Å². The van der Waals surface area contributed by atoms with Gasteiger partial charge in [-0.2, -0.15) is 0 Å². The van der Waals surface area contributed by atoms with Crippen LogP contribution in [0.15, 0.2) is 39.4 Å².